The molecule has 4 N–H and O–H groups in total. The van der Waals surface area contributed by atoms with Gasteiger partial charge in [-0.2, -0.15) is 5.10 Å². The number of aryl methyl sites for hydroxylation is 2. The highest BCUT2D eigenvalue weighted by Crippen LogP contribution is 2.43. The Labute approximate surface area is 108 Å². The van der Waals surface area contributed by atoms with Gasteiger partial charge >= 0.3 is 0 Å². The van der Waals surface area contributed by atoms with Crippen LogP contribution in [0.2, 0.25) is 0 Å². The Balaban J connectivity index is 2.19. The van der Waals surface area contributed by atoms with Gasteiger partial charge in [0.1, 0.15) is 5.82 Å². The number of aromatic nitrogens is 2. The molecular weight excluding hydrogens is 228 g/mol. The van der Waals surface area contributed by atoms with E-state index in [-0.39, 0.29) is 17.6 Å². The summed E-state index contributed by atoms with van der Waals surface area (Å²) in [6.07, 6.45) is 1.55. The van der Waals surface area contributed by atoms with E-state index >= 15 is 0 Å². The predicted octanol–water partition coefficient (Wildman–Crippen LogP) is 1.76. The van der Waals surface area contributed by atoms with E-state index < -0.39 is 0 Å². The van der Waals surface area contributed by atoms with Gasteiger partial charge in [-0.15, -0.1) is 0 Å². The van der Waals surface area contributed by atoms with Gasteiger partial charge in [-0.05, 0) is 19.8 Å². The first-order valence-electron chi connectivity index (χ1n) is 6.65. The summed E-state index contributed by atoms with van der Waals surface area (Å²) in [5, 5.41) is 17.7. The molecule has 1 aromatic rings. The standard InChI is InChI=1S/C13H24N4O/c1-5-6-17-12(11(14)8(2)16-17)15-9-7-10(18)13(9,3)4/h9-10,15,18H,5-7,14H2,1-4H3. The van der Waals surface area contributed by atoms with Crippen molar-refractivity contribution in [2.24, 2.45) is 5.41 Å². The fourth-order valence-electron chi connectivity index (χ4n) is 2.43. The van der Waals surface area contributed by atoms with Gasteiger partial charge in [-0.3, -0.25) is 0 Å². The van der Waals surface area contributed by atoms with E-state index in [4.69, 9.17) is 5.73 Å². The fourth-order valence-corrected chi connectivity index (χ4v) is 2.43. The molecule has 1 aliphatic carbocycles. The van der Waals surface area contributed by atoms with Crippen molar-refractivity contribution in [2.45, 2.75) is 59.2 Å². The van der Waals surface area contributed by atoms with Gasteiger partial charge < -0.3 is 16.2 Å². The Morgan fingerprint density at radius 3 is 2.72 bits per heavy atom. The zero-order valence-corrected chi connectivity index (χ0v) is 11.7. The number of anilines is 2. The van der Waals surface area contributed by atoms with Crippen LogP contribution in [0.1, 0.15) is 39.3 Å². The minimum atomic E-state index is -0.236. The molecule has 0 aliphatic heterocycles. The first kappa shape index (κ1) is 13.2. The molecular formula is C13H24N4O. The summed E-state index contributed by atoms with van der Waals surface area (Å²) in [5.74, 6) is 0.902. The average Bonchev–Trinajstić information content (AvgIpc) is 2.57. The molecule has 1 aliphatic rings. The second-order valence-electron chi connectivity index (χ2n) is 5.84. The van der Waals surface area contributed by atoms with Crippen molar-refractivity contribution in [1.29, 1.82) is 0 Å². The highest BCUT2D eigenvalue weighted by molar-refractivity contribution is 5.65. The molecule has 1 fully saturated rings. The summed E-state index contributed by atoms with van der Waals surface area (Å²) in [6.45, 7) is 9.04. The number of nitrogens with two attached hydrogens (primary N) is 1. The van der Waals surface area contributed by atoms with Crippen molar-refractivity contribution in [3.05, 3.63) is 5.69 Å². The van der Waals surface area contributed by atoms with Crippen LogP contribution in [0.25, 0.3) is 0 Å². The molecule has 18 heavy (non-hydrogen) atoms. The number of hydrogen-bond donors (Lipinski definition) is 3. The smallest absolute Gasteiger partial charge is 0.148 e. The lowest BCUT2D eigenvalue weighted by Gasteiger charge is -2.49. The van der Waals surface area contributed by atoms with Crippen LogP contribution in [0, 0.1) is 12.3 Å². The zero-order chi connectivity index (χ0) is 13.5. The van der Waals surface area contributed by atoms with Crippen LogP contribution in [0.3, 0.4) is 0 Å². The van der Waals surface area contributed by atoms with Crippen LogP contribution in [0.15, 0.2) is 0 Å². The second-order valence-corrected chi connectivity index (χ2v) is 5.84. The van der Waals surface area contributed by atoms with E-state index in [2.05, 4.69) is 31.2 Å². The van der Waals surface area contributed by atoms with E-state index in [1.165, 1.54) is 0 Å². The molecule has 5 nitrogen and oxygen atoms in total. The van der Waals surface area contributed by atoms with Crippen molar-refractivity contribution in [2.75, 3.05) is 11.1 Å². The number of nitrogen functional groups attached to an aromatic ring is 1. The van der Waals surface area contributed by atoms with Gasteiger partial charge in [-0.1, -0.05) is 20.8 Å². The normalized spacial score (nSPS) is 25.8. The molecule has 2 rings (SSSR count). The molecule has 0 saturated heterocycles. The summed E-state index contributed by atoms with van der Waals surface area (Å²) in [7, 11) is 0. The van der Waals surface area contributed by atoms with Crippen LogP contribution in [-0.4, -0.2) is 27.0 Å². The van der Waals surface area contributed by atoms with Crippen LogP contribution >= 0.6 is 0 Å². The fraction of sp³-hybridized carbons (Fsp3) is 0.769. The summed E-state index contributed by atoms with van der Waals surface area (Å²) in [5.41, 5.74) is 7.55. The molecule has 2 atom stereocenters. The van der Waals surface area contributed by atoms with E-state index in [0.717, 1.165) is 36.6 Å². The van der Waals surface area contributed by atoms with Crippen molar-refractivity contribution < 1.29 is 5.11 Å². The predicted molar refractivity (Wildman–Crippen MR) is 73.5 cm³/mol. The SMILES string of the molecule is CCCn1nc(C)c(N)c1NC1CC(O)C1(C)C. The van der Waals surface area contributed by atoms with Gasteiger partial charge in [0, 0.05) is 18.0 Å². The highest BCUT2D eigenvalue weighted by Gasteiger charge is 2.47. The van der Waals surface area contributed by atoms with E-state index in [1.54, 1.807) is 0 Å². The van der Waals surface area contributed by atoms with Crippen LogP contribution in [0.5, 0.6) is 0 Å². The second kappa shape index (κ2) is 4.46. The van der Waals surface area contributed by atoms with E-state index in [9.17, 15) is 5.11 Å². The number of aliphatic hydroxyl groups is 1. The van der Waals surface area contributed by atoms with Gasteiger partial charge in [0.2, 0.25) is 0 Å². The number of aliphatic hydroxyl groups excluding tert-OH is 1. The maximum absolute atomic E-state index is 9.78. The lowest BCUT2D eigenvalue weighted by molar-refractivity contribution is -0.0512. The van der Waals surface area contributed by atoms with E-state index in [1.807, 2.05) is 11.6 Å². The van der Waals surface area contributed by atoms with Crippen molar-refractivity contribution >= 4 is 11.5 Å². The maximum Gasteiger partial charge on any atom is 0.148 e. The van der Waals surface area contributed by atoms with Gasteiger partial charge in [0.05, 0.1) is 17.5 Å². The monoisotopic (exact) mass is 252 g/mol. The van der Waals surface area contributed by atoms with Crippen LogP contribution in [0.4, 0.5) is 11.5 Å². The van der Waals surface area contributed by atoms with Gasteiger partial charge in [0.25, 0.3) is 0 Å². The highest BCUT2D eigenvalue weighted by atomic mass is 16.3. The molecule has 5 heteroatoms. The Bertz CT molecular complexity index is 438. The summed E-state index contributed by atoms with van der Waals surface area (Å²) in [6, 6.07) is 0.251. The summed E-state index contributed by atoms with van der Waals surface area (Å²) >= 11 is 0. The quantitative estimate of drug-likeness (QED) is 0.763. The summed E-state index contributed by atoms with van der Waals surface area (Å²) in [4.78, 5) is 0. The van der Waals surface area contributed by atoms with Gasteiger partial charge in [0.15, 0.2) is 0 Å². The lowest BCUT2D eigenvalue weighted by atomic mass is 9.64. The summed E-state index contributed by atoms with van der Waals surface area (Å²) < 4.78 is 1.94. The largest absolute Gasteiger partial charge is 0.394 e. The Hall–Kier alpha value is -1.23. The molecule has 0 aromatic carbocycles. The molecule has 1 aromatic heterocycles. The van der Waals surface area contributed by atoms with Crippen molar-refractivity contribution in [3.63, 3.8) is 0 Å². The molecule has 1 heterocycles. The third kappa shape index (κ3) is 1.96. The lowest BCUT2D eigenvalue weighted by Crippen LogP contribution is -2.57. The number of rotatable bonds is 4. The molecule has 0 bridgehead atoms. The Morgan fingerprint density at radius 2 is 2.22 bits per heavy atom. The first-order chi connectivity index (χ1) is 8.37. The molecule has 0 amide bonds. The molecule has 0 spiro atoms. The molecule has 102 valence electrons. The minimum Gasteiger partial charge on any atom is -0.394 e. The van der Waals surface area contributed by atoms with Gasteiger partial charge in [-0.25, -0.2) is 4.68 Å². The zero-order valence-electron chi connectivity index (χ0n) is 11.7. The third-order valence-corrected chi connectivity index (χ3v) is 4.14. The molecule has 0 radical (unpaired) electrons. The topological polar surface area (TPSA) is 76.1 Å². The van der Waals surface area contributed by atoms with Crippen LogP contribution < -0.4 is 11.1 Å². The molecule has 2 unspecified atom stereocenters. The third-order valence-electron chi connectivity index (χ3n) is 4.14. The first-order valence-corrected chi connectivity index (χ1v) is 6.65. The Morgan fingerprint density at radius 1 is 1.56 bits per heavy atom. The average molecular weight is 252 g/mol. The minimum absolute atomic E-state index is 0.109. The number of hydrogen-bond acceptors (Lipinski definition) is 4. The van der Waals surface area contributed by atoms with E-state index in [0.29, 0.717) is 0 Å². The van der Waals surface area contributed by atoms with Crippen LogP contribution in [-0.2, 0) is 6.54 Å². The maximum atomic E-state index is 9.78. The van der Waals surface area contributed by atoms with Crippen molar-refractivity contribution in [3.8, 4) is 0 Å². The number of nitrogens with one attached hydrogen (secondary N) is 1. The van der Waals surface area contributed by atoms with Crippen molar-refractivity contribution in [1.82, 2.24) is 9.78 Å². The Kier molecular flexibility index (Phi) is 3.27. The molecule has 1 saturated carbocycles. The number of nitrogens with zero attached hydrogens (tertiary/aromatic N) is 2.